The molecule has 108 valence electrons. The molecule has 0 aliphatic carbocycles. The van der Waals surface area contributed by atoms with Gasteiger partial charge in [-0.05, 0) is 31.7 Å². The normalized spacial score (nSPS) is 17.1. The second kappa shape index (κ2) is 5.72. The third kappa shape index (κ3) is 2.83. The third-order valence-electron chi connectivity index (χ3n) is 3.72. The topological polar surface area (TPSA) is 47.3 Å². The van der Waals surface area contributed by atoms with Crippen LogP contribution in [0.5, 0.6) is 0 Å². The van der Waals surface area contributed by atoms with Crippen LogP contribution in [0.3, 0.4) is 0 Å². The van der Waals surface area contributed by atoms with Crippen LogP contribution in [0.4, 0.5) is 0 Å². The van der Waals surface area contributed by atoms with Gasteiger partial charge in [0.15, 0.2) is 0 Å². The number of hydrogen-bond acceptors (Lipinski definition) is 4. The van der Waals surface area contributed by atoms with Gasteiger partial charge in [0.1, 0.15) is 10.4 Å². The molecule has 0 aromatic carbocycles. The first-order valence-corrected chi connectivity index (χ1v) is 7.81. The lowest BCUT2D eigenvalue weighted by atomic mass is 10.0. The molecule has 1 aliphatic heterocycles. The molecule has 0 bridgehead atoms. The Kier molecular flexibility index (Phi) is 4.38. The Bertz CT molecular complexity index is 553. The lowest BCUT2D eigenvalue weighted by Gasteiger charge is -2.40. The second-order valence-corrected chi connectivity index (χ2v) is 6.77. The van der Waals surface area contributed by atoms with Crippen molar-refractivity contribution in [3.63, 3.8) is 0 Å². The van der Waals surface area contributed by atoms with Crippen LogP contribution in [-0.2, 0) is 0 Å². The van der Waals surface area contributed by atoms with Crippen molar-refractivity contribution in [3.05, 3.63) is 20.8 Å². The van der Waals surface area contributed by atoms with E-state index >= 15 is 0 Å². The minimum absolute atomic E-state index is 0.00233. The van der Waals surface area contributed by atoms with Gasteiger partial charge in [0.2, 0.25) is 0 Å². The quantitative estimate of drug-likeness (QED) is 0.844. The van der Waals surface area contributed by atoms with Gasteiger partial charge in [0.05, 0.1) is 11.1 Å². The molecule has 1 aromatic heterocycles. The molecule has 1 amide bonds. The van der Waals surface area contributed by atoms with Crippen molar-refractivity contribution in [1.82, 2.24) is 9.80 Å². The van der Waals surface area contributed by atoms with E-state index in [0.717, 1.165) is 5.56 Å². The molecule has 2 heterocycles. The summed E-state index contributed by atoms with van der Waals surface area (Å²) in [6, 6.07) is 2.30. The zero-order chi connectivity index (χ0) is 14.9. The summed E-state index contributed by atoms with van der Waals surface area (Å²) in [5.74, 6) is 0.00233. The average Bonchev–Trinajstić information content (AvgIpc) is 2.78. The zero-order valence-corrected chi connectivity index (χ0v) is 13.5. The SMILES string of the molecule is Cc1csc(C(=O)N2CCN(C(C)(C)C#N)CC2)c1Cl. The van der Waals surface area contributed by atoms with Crippen molar-refractivity contribution in [2.45, 2.75) is 26.3 Å². The Morgan fingerprint density at radius 2 is 2.00 bits per heavy atom. The van der Waals surface area contributed by atoms with Crippen molar-refractivity contribution < 1.29 is 4.79 Å². The molecule has 1 saturated heterocycles. The molecular weight excluding hydrogens is 294 g/mol. The van der Waals surface area contributed by atoms with Crippen LogP contribution in [-0.4, -0.2) is 47.4 Å². The summed E-state index contributed by atoms with van der Waals surface area (Å²) in [5, 5.41) is 11.6. The van der Waals surface area contributed by atoms with E-state index in [1.807, 2.05) is 31.1 Å². The van der Waals surface area contributed by atoms with Gasteiger partial charge in [-0.15, -0.1) is 11.3 Å². The van der Waals surface area contributed by atoms with Gasteiger partial charge in [0.25, 0.3) is 5.91 Å². The minimum atomic E-state index is -0.480. The lowest BCUT2D eigenvalue weighted by molar-refractivity contribution is 0.0525. The van der Waals surface area contributed by atoms with Crippen molar-refractivity contribution in [3.8, 4) is 6.07 Å². The van der Waals surface area contributed by atoms with Crippen LogP contribution in [0.15, 0.2) is 5.38 Å². The Labute approximate surface area is 128 Å². The number of rotatable bonds is 2. The predicted molar refractivity (Wildman–Crippen MR) is 81.2 cm³/mol. The number of nitrogens with zero attached hydrogens (tertiary/aromatic N) is 3. The van der Waals surface area contributed by atoms with Gasteiger partial charge in [-0.25, -0.2) is 0 Å². The maximum atomic E-state index is 12.4. The molecule has 1 aromatic rings. The standard InChI is InChI=1S/C14H18ClN3OS/c1-10-8-20-12(11(10)15)13(19)17-4-6-18(7-5-17)14(2,3)9-16/h8H,4-7H2,1-3H3. The first-order valence-electron chi connectivity index (χ1n) is 6.56. The number of thiophene rings is 1. The van der Waals surface area contributed by atoms with E-state index in [2.05, 4.69) is 11.0 Å². The molecular formula is C14H18ClN3OS. The summed E-state index contributed by atoms with van der Waals surface area (Å²) in [5.41, 5.74) is 0.469. The molecule has 6 heteroatoms. The summed E-state index contributed by atoms with van der Waals surface area (Å²) < 4.78 is 0. The third-order valence-corrected chi connectivity index (χ3v) is 5.41. The highest BCUT2D eigenvalue weighted by Crippen LogP contribution is 2.29. The highest BCUT2D eigenvalue weighted by Gasteiger charge is 2.32. The molecule has 0 unspecified atom stereocenters. The van der Waals surface area contributed by atoms with E-state index in [9.17, 15) is 4.79 Å². The average molecular weight is 312 g/mol. The van der Waals surface area contributed by atoms with Gasteiger partial charge >= 0.3 is 0 Å². The smallest absolute Gasteiger partial charge is 0.265 e. The number of carbonyl (C=O) groups is 1. The highest BCUT2D eigenvalue weighted by atomic mass is 35.5. The Balaban J connectivity index is 2.03. The summed E-state index contributed by atoms with van der Waals surface area (Å²) in [4.78, 5) is 17.0. The molecule has 2 rings (SSSR count). The second-order valence-electron chi connectivity index (χ2n) is 5.51. The zero-order valence-electron chi connectivity index (χ0n) is 11.9. The number of nitriles is 1. The monoisotopic (exact) mass is 311 g/mol. The summed E-state index contributed by atoms with van der Waals surface area (Å²) in [6.07, 6.45) is 0. The van der Waals surface area contributed by atoms with Gasteiger partial charge in [-0.1, -0.05) is 11.6 Å². The number of piperazine rings is 1. The number of aryl methyl sites for hydroxylation is 1. The fourth-order valence-corrected chi connectivity index (χ4v) is 3.50. The van der Waals surface area contributed by atoms with E-state index in [-0.39, 0.29) is 5.91 Å². The molecule has 1 aliphatic rings. The van der Waals surface area contributed by atoms with Crippen molar-refractivity contribution >= 4 is 28.8 Å². The lowest BCUT2D eigenvalue weighted by Crippen LogP contribution is -2.55. The number of carbonyl (C=O) groups excluding carboxylic acids is 1. The van der Waals surface area contributed by atoms with Gasteiger partial charge in [0, 0.05) is 26.2 Å². The van der Waals surface area contributed by atoms with Gasteiger partial charge < -0.3 is 4.90 Å². The maximum Gasteiger partial charge on any atom is 0.265 e. The van der Waals surface area contributed by atoms with Crippen LogP contribution in [0, 0.1) is 18.3 Å². The van der Waals surface area contributed by atoms with Crippen LogP contribution in [0.25, 0.3) is 0 Å². The molecule has 0 N–H and O–H groups in total. The van der Waals surface area contributed by atoms with Gasteiger partial charge in [-0.3, -0.25) is 9.69 Å². The van der Waals surface area contributed by atoms with E-state index < -0.39 is 5.54 Å². The summed E-state index contributed by atoms with van der Waals surface area (Å²) >= 11 is 7.56. The maximum absolute atomic E-state index is 12.4. The van der Waals surface area contributed by atoms with Gasteiger partial charge in [-0.2, -0.15) is 5.26 Å². The first-order chi connectivity index (χ1) is 9.36. The molecule has 0 radical (unpaired) electrons. The largest absolute Gasteiger partial charge is 0.335 e. The first kappa shape index (κ1) is 15.3. The fourth-order valence-electron chi connectivity index (χ4n) is 2.26. The van der Waals surface area contributed by atoms with E-state index in [1.165, 1.54) is 11.3 Å². The molecule has 0 atom stereocenters. The molecule has 0 spiro atoms. The fraction of sp³-hybridized carbons (Fsp3) is 0.571. The minimum Gasteiger partial charge on any atom is -0.335 e. The van der Waals surface area contributed by atoms with Crippen molar-refractivity contribution in [1.29, 1.82) is 5.26 Å². The van der Waals surface area contributed by atoms with Crippen LogP contribution in [0.2, 0.25) is 5.02 Å². The van der Waals surface area contributed by atoms with E-state index in [0.29, 0.717) is 36.1 Å². The molecule has 0 saturated carbocycles. The summed E-state index contributed by atoms with van der Waals surface area (Å²) in [7, 11) is 0. The molecule has 20 heavy (non-hydrogen) atoms. The van der Waals surface area contributed by atoms with Crippen LogP contribution < -0.4 is 0 Å². The number of hydrogen-bond donors (Lipinski definition) is 0. The number of amides is 1. The predicted octanol–water partition coefficient (Wildman–Crippen LogP) is 2.77. The van der Waals surface area contributed by atoms with Crippen LogP contribution in [0.1, 0.15) is 29.1 Å². The number of halogens is 1. The van der Waals surface area contributed by atoms with Crippen molar-refractivity contribution in [2.75, 3.05) is 26.2 Å². The van der Waals surface area contributed by atoms with E-state index in [4.69, 9.17) is 16.9 Å². The van der Waals surface area contributed by atoms with Crippen LogP contribution >= 0.6 is 22.9 Å². The molecule has 4 nitrogen and oxygen atoms in total. The highest BCUT2D eigenvalue weighted by molar-refractivity contribution is 7.13. The Hall–Kier alpha value is -1.09. The van der Waals surface area contributed by atoms with Crippen molar-refractivity contribution in [2.24, 2.45) is 0 Å². The molecule has 1 fully saturated rings. The Morgan fingerprint density at radius 1 is 1.40 bits per heavy atom. The van der Waals surface area contributed by atoms with E-state index in [1.54, 1.807) is 0 Å². The summed E-state index contributed by atoms with van der Waals surface area (Å²) in [6.45, 7) is 8.42. The Morgan fingerprint density at radius 3 is 2.45 bits per heavy atom.